The lowest BCUT2D eigenvalue weighted by molar-refractivity contribution is 0.322. The Kier molecular flexibility index (Phi) is 9.33. The van der Waals surface area contributed by atoms with E-state index in [4.69, 9.17) is 4.74 Å². The maximum Gasteiger partial charge on any atom is 0.191 e. The second kappa shape index (κ2) is 12.0. The van der Waals surface area contributed by atoms with Crippen molar-refractivity contribution in [1.29, 1.82) is 0 Å². The van der Waals surface area contributed by atoms with Gasteiger partial charge in [0.1, 0.15) is 12.4 Å². The number of para-hydroxylation sites is 2. The summed E-state index contributed by atoms with van der Waals surface area (Å²) in [5.41, 5.74) is 2.09. The van der Waals surface area contributed by atoms with E-state index in [0.29, 0.717) is 19.7 Å². The Labute approximate surface area is 183 Å². The van der Waals surface area contributed by atoms with E-state index in [0.717, 1.165) is 29.5 Å². The van der Waals surface area contributed by atoms with Crippen LogP contribution in [0.2, 0.25) is 0 Å². The monoisotopic (exact) mass is 491 g/mol. The molecule has 0 aliphatic rings. The van der Waals surface area contributed by atoms with E-state index in [2.05, 4.69) is 20.7 Å². The summed E-state index contributed by atoms with van der Waals surface area (Å²) in [5.74, 6) is 1.64. The van der Waals surface area contributed by atoms with Crippen LogP contribution in [-0.4, -0.2) is 35.4 Å². The highest BCUT2D eigenvalue weighted by Crippen LogP contribution is 2.09. The molecular formula is C21H26IN5O. The van der Waals surface area contributed by atoms with Crippen LogP contribution >= 0.6 is 24.0 Å². The number of hydrogen-bond acceptors (Lipinski definition) is 3. The minimum Gasteiger partial charge on any atom is -0.492 e. The number of nitrogens with one attached hydrogen (secondary N) is 2. The van der Waals surface area contributed by atoms with Crippen LogP contribution in [0.3, 0.4) is 0 Å². The van der Waals surface area contributed by atoms with Crippen molar-refractivity contribution in [1.82, 2.24) is 20.4 Å². The number of rotatable bonds is 8. The predicted molar refractivity (Wildman–Crippen MR) is 124 cm³/mol. The molecule has 148 valence electrons. The molecule has 0 bridgehead atoms. The fourth-order valence-electron chi connectivity index (χ4n) is 2.53. The first-order chi connectivity index (χ1) is 13.3. The molecule has 7 heteroatoms. The number of aromatic nitrogens is 2. The van der Waals surface area contributed by atoms with E-state index in [1.807, 2.05) is 84.7 Å². The van der Waals surface area contributed by atoms with Crippen LogP contribution in [0.4, 0.5) is 0 Å². The Morgan fingerprint density at radius 3 is 2.46 bits per heavy atom. The number of aliphatic imine (C=N–C) groups is 1. The van der Waals surface area contributed by atoms with Crippen molar-refractivity contribution >= 4 is 29.9 Å². The van der Waals surface area contributed by atoms with E-state index in [1.165, 1.54) is 0 Å². The van der Waals surface area contributed by atoms with E-state index >= 15 is 0 Å². The second-order valence-electron chi connectivity index (χ2n) is 5.91. The molecule has 0 spiro atoms. The Morgan fingerprint density at radius 1 is 1.04 bits per heavy atom. The summed E-state index contributed by atoms with van der Waals surface area (Å²) in [7, 11) is 0. The highest BCUT2D eigenvalue weighted by molar-refractivity contribution is 14.0. The summed E-state index contributed by atoms with van der Waals surface area (Å²) in [6.45, 7) is 4.64. The normalized spacial score (nSPS) is 10.8. The third-order valence-electron chi connectivity index (χ3n) is 3.83. The van der Waals surface area contributed by atoms with Gasteiger partial charge in [-0.25, -0.2) is 9.67 Å². The van der Waals surface area contributed by atoms with Crippen molar-refractivity contribution in [2.45, 2.75) is 13.5 Å². The van der Waals surface area contributed by atoms with Crippen molar-refractivity contribution in [2.24, 2.45) is 4.99 Å². The topological polar surface area (TPSA) is 63.5 Å². The van der Waals surface area contributed by atoms with Gasteiger partial charge in [-0.1, -0.05) is 36.4 Å². The summed E-state index contributed by atoms with van der Waals surface area (Å²) in [6, 6.07) is 19.8. The average molecular weight is 491 g/mol. The molecule has 0 aliphatic heterocycles. The lowest BCUT2D eigenvalue weighted by Gasteiger charge is -2.11. The van der Waals surface area contributed by atoms with Crippen molar-refractivity contribution in [3.8, 4) is 11.4 Å². The molecule has 6 nitrogen and oxygen atoms in total. The molecule has 0 amide bonds. The van der Waals surface area contributed by atoms with Crippen molar-refractivity contribution in [3.05, 3.63) is 78.6 Å². The van der Waals surface area contributed by atoms with Gasteiger partial charge in [0.15, 0.2) is 5.96 Å². The molecule has 0 radical (unpaired) electrons. The molecule has 1 heterocycles. The summed E-state index contributed by atoms with van der Waals surface area (Å²) in [6.07, 6.45) is 3.85. The van der Waals surface area contributed by atoms with Crippen molar-refractivity contribution in [2.75, 3.05) is 19.7 Å². The number of nitrogens with zero attached hydrogens (tertiary/aromatic N) is 3. The van der Waals surface area contributed by atoms with Gasteiger partial charge in [0.2, 0.25) is 0 Å². The summed E-state index contributed by atoms with van der Waals surface area (Å²) in [4.78, 5) is 4.62. The van der Waals surface area contributed by atoms with E-state index in [9.17, 15) is 0 Å². The lowest BCUT2D eigenvalue weighted by Crippen LogP contribution is -2.39. The Balaban J connectivity index is 0.00000280. The minimum atomic E-state index is 0. The molecular weight excluding hydrogens is 465 g/mol. The summed E-state index contributed by atoms with van der Waals surface area (Å²) < 4.78 is 7.55. The zero-order chi connectivity index (χ0) is 18.7. The lowest BCUT2D eigenvalue weighted by atomic mass is 10.3. The average Bonchev–Trinajstić information content (AvgIpc) is 3.20. The molecule has 2 N–H and O–H groups in total. The number of guanidine groups is 1. The molecule has 1 aromatic heterocycles. The fourth-order valence-corrected chi connectivity index (χ4v) is 2.53. The largest absolute Gasteiger partial charge is 0.492 e. The fraction of sp³-hybridized carbons (Fsp3) is 0.238. The standard InChI is InChI=1S/C21H25N5O.HI/c1-2-22-21(23-13-14-27-20-11-7-4-8-12-20)24-15-18-16-25-26(17-18)19-9-5-3-6-10-19;/h3-12,16-17H,2,13-15H2,1H3,(H2,22,23,24);1H. The van der Waals surface area contributed by atoms with Gasteiger partial charge in [-0.3, -0.25) is 0 Å². The summed E-state index contributed by atoms with van der Waals surface area (Å²) >= 11 is 0. The third-order valence-corrected chi connectivity index (χ3v) is 3.83. The molecule has 28 heavy (non-hydrogen) atoms. The van der Waals surface area contributed by atoms with Gasteiger partial charge >= 0.3 is 0 Å². The second-order valence-corrected chi connectivity index (χ2v) is 5.91. The Hall–Kier alpha value is -2.55. The number of halogens is 1. The van der Waals surface area contributed by atoms with Crippen LogP contribution in [0.1, 0.15) is 12.5 Å². The molecule has 0 fully saturated rings. The quantitative estimate of drug-likeness (QED) is 0.219. The highest BCUT2D eigenvalue weighted by atomic mass is 127. The number of benzene rings is 2. The van der Waals surface area contributed by atoms with E-state index in [-0.39, 0.29) is 24.0 Å². The van der Waals surface area contributed by atoms with Gasteiger partial charge in [-0.2, -0.15) is 5.10 Å². The maximum absolute atomic E-state index is 5.69. The van der Waals surface area contributed by atoms with Gasteiger partial charge in [-0.05, 0) is 31.2 Å². The molecule has 0 unspecified atom stereocenters. The van der Waals surface area contributed by atoms with E-state index in [1.54, 1.807) is 0 Å². The molecule has 3 rings (SSSR count). The minimum absolute atomic E-state index is 0. The molecule has 0 aliphatic carbocycles. The van der Waals surface area contributed by atoms with Gasteiger partial charge in [0.05, 0.1) is 25.0 Å². The van der Waals surface area contributed by atoms with Gasteiger partial charge in [0.25, 0.3) is 0 Å². The highest BCUT2D eigenvalue weighted by Gasteiger charge is 2.02. The molecule has 0 atom stereocenters. The maximum atomic E-state index is 5.69. The SMILES string of the molecule is CCNC(=NCc1cnn(-c2ccccc2)c1)NCCOc1ccccc1.I. The van der Waals surface area contributed by atoms with Gasteiger partial charge in [0, 0.05) is 18.3 Å². The predicted octanol–water partition coefficient (Wildman–Crippen LogP) is 3.62. The zero-order valence-electron chi connectivity index (χ0n) is 15.9. The molecule has 3 aromatic rings. The van der Waals surface area contributed by atoms with Crippen molar-refractivity contribution in [3.63, 3.8) is 0 Å². The first-order valence-electron chi connectivity index (χ1n) is 9.14. The number of ether oxygens (including phenoxy) is 1. The van der Waals surface area contributed by atoms with Crippen LogP contribution in [0.25, 0.3) is 5.69 Å². The zero-order valence-corrected chi connectivity index (χ0v) is 18.2. The first-order valence-corrected chi connectivity index (χ1v) is 9.14. The van der Waals surface area contributed by atoms with Crippen molar-refractivity contribution < 1.29 is 4.74 Å². The van der Waals surface area contributed by atoms with Crippen LogP contribution in [-0.2, 0) is 6.54 Å². The van der Waals surface area contributed by atoms with Crippen LogP contribution in [0, 0.1) is 0 Å². The molecule has 0 saturated heterocycles. The van der Waals surface area contributed by atoms with Crippen LogP contribution < -0.4 is 15.4 Å². The smallest absolute Gasteiger partial charge is 0.191 e. The number of hydrogen-bond donors (Lipinski definition) is 2. The summed E-state index contributed by atoms with van der Waals surface area (Å²) in [5, 5.41) is 10.9. The van der Waals surface area contributed by atoms with Crippen LogP contribution in [0.15, 0.2) is 78.0 Å². The van der Waals surface area contributed by atoms with Gasteiger partial charge in [-0.15, -0.1) is 24.0 Å². The first kappa shape index (κ1) is 21.7. The molecule has 2 aromatic carbocycles. The Bertz CT molecular complexity index is 836. The third kappa shape index (κ3) is 6.88. The van der Waals surface area contributed by atoms with E-state index < -0.39 is 0 Å². The molecule has 0 saturated carbocycles. The van der Waals surface area contributed by atoms with Crippen LogP contribution in [0.5, 0.6) is 5.75 Å². The van der Waals surface area contributed by atoms with Gasteiger partial charge < -0.3 is 15.4 Å². The Morgan fingerprint density at radius 2 is 1.75 bits per heavy atom.